The summed E-state index contributed by atoms with van der Waals surface area (Å²) in [6.07, 6.45) is 0. The number of ether oxygens (including phenoxy) is 1. The average Bonchev–Trinajstić information content (AvgIpc) is 2.27. The monoisotopic (exact) mass is 305 g/mol. The molecule has 0 amide bonds. The third-order valence-corrected chi connectivity index (χ3v) is 3.29. The maximum atomic E-state index is 5.89. The van der Waals surface area contributed by atoms with Crippen LogP contribution in [-0.2, 0) is 6.61 Å². The van der Waals surface area contributed by atoms with Crippen molar-refractivity contribution >= 4 is 21.6 Å². The zero-order valence-electron chi connectivity index (χ0n) is 10.5. The highest BCUT2D eigenvalue weighted by atomic mass is 79.9. The van der Waals surface area contributed by atoms with Crippen molar-refractivity contribution in [1.29, 1.82) is 0 Å². The fourth-order valence-corrected chi connectivity index (χ4v) is 2.48. The first-order chi connectivity index (χ1) is 8.56. The normalized spacial score (nSPS) is 10.4. The Bertz CT molecular complexity index is 526. The Kier molecular flexibility index (Phi) is 3.92. The molecule has 0 unspecified atom stereocenters. The van der Waals surface area contributed by atoms with Crippen LogP contribution in [0.4, 0.5) is 5.69 Å². The fraction of sp³-hybridized carbons (Fsp3) is 0.200. The molecule has 3 heteroatoms. The fourth-order valence-electron chi connectivity index (χ4n) is 1.99. The highest BCUT2D eigenvalue weighted by Gasteiger charge is 2.05. The number of halogens is 1. The number of nitrogen functional groups attached to an aromatic ring is 1. The van der Waals surface area contributed by atoms with Gasteiger partial charge in [-0.05, 0) is 47.5 Å². The molecule has 0 fully saturated rings. The van der Waals surface area contributed by atoms with Gasteiger partial charge < -0.3 is 10.5 Å². The van der Waals surface area contributed by atoms with E-state index in [-0.39, 0.29) is 0 Å². The van der Waals surface area contributed by atoms with E-state index in [2.05, 4.69) is 48.0 Å². The third-order valence-electron chi connectivity index (χ3n) is 2.66. The van der Waals surface area contributed by atoms with E-state index in [4.69, 9.17) is 10.5 Å². The second kappa shape index (κ2) is 5.44. The first kappa shape index (κ1) is 13.0. The lowest BCUT2D eigenvalue weighted by atomic mass is 10.1. The number of para-hydroxylation sites is 1. The molecule has 0 saturated carbocycles. The van der Waals surface area contributed by atoms with Crippen LogP contribution in [0.15, 0.2) is 40.9 Å². The Morgan fingerprint density at radius 3 is 2.39 bits per heavy atom. The highest BCUT2D eigenvalue weighted by molar-refractivity contribution is 9.10. The van der Waals surface area contributed by atoms with Crippen molar-refractivity contribution in [3.05, 3.63) is 57.6 Å². The SMILES string of the molecule is Cc1cc(C)cc(COc2c(N)cccc2Br)c1. The first-order valence-corrected chi connectivity index (χ1v) is 6.59. The molecule has 18 heavy (non-hydrogen) atoms. The van der Waals surface area contributed by atoms with E-state index in [1.807, 2.05) is 18.2 Å². The lowest BCUT2D eigenvalue weighted by Crippen LogP contribution is -2.00. The second-order valence-corrected chi connectivity index (χ2v) is 5.30. The van der Waals surface area contributed by atoms with Gasteiger partial charge in [0.1, 0.15) is 6.61 Å². The zero-order valence-corrected chi connectivity index (χ0v) is 12.1. The van der Waals surface area contributed by atoms with Crippen molar-refractivity contribution in [2.45, 2.75) is 20.5 Å². The minimum absolute atomic E-state index is 0.523. The second-order valence-electron chi connectivity index (χ2n) is 4.44. The van der Waals surface area contributed by atoms with Gasteiger partial charge in [-0.25, -0.2) is 0 Å². The average molecular weight is 306 g/mol. The van der Waals surface area contributed by atoms with Gasteiger partial charge in [-0.1, -0.05) is 35.4 Å². The van der Waals surface area contributed by atoms with Crippen molar-refractivity contribution in [2.75, 3.05) is 5.73 Å². The third kappa shape index (κ3) is 3.05. The summed E-state index contributed by atoms with van der Waals surface area (Å²) in [4.78, 5) is 0. The van der Waals surface area contributed by atoms with E-state index in [0.717, 1.165) is 10.0 Å². The molecule has 2 N–H and O–H groups in total. The molecular weight excluding hydrogens is 290 g/mol. The standard InChI is InChI=1S/C15H16BrNO/c1-10-6-11(2)8-12(7-10)9-18-15-13(16)4-3-5-14(15)17/h3-8H,9,17H2,1-2H3. The predicted octanol–water partition coefficient (Wildman–Crippen LogP) is 4.23. The van der Waals surface area contributed by atoms with Crippen molar-refractivity contribution in [2.24, 2.45) is 0 Å². The molecule has 0 bridgehead atoms. The first-order valence-electron chi connectivity index (χ1n) is 5.80. The Morgan fingerprint density at radius 2 is 1.78 bits per heavy atom. The lowest BCUT2D eigenvalue weighted by molar-refractivity contribution is 0.306. The van der Waals surface area contributed by atoms with E-state index in [0.29, 0.717) is 18.0 Å². The van der Waals surface area contributed by atoms with Gasteiger partial charge in [0.15, 0.2) is 5.75 Å². The highest BCUT2D eigenvalue weighted by Crippen LogP contribution is 2.31. The van der Waals surface area contributed by atoms with Crippen LogP contribution in [0.1, 0.15) is 16.7 Å². The lowest BCUT2D eigenvalue weighted by Gasteiger charge is -2.11. The predicted molar refractivity (Wildman–Crippen MR) is 78.8 cm³/mol. The van der Waals surface area contributed by atoms with E-state index in [9.17, 15) is 0 Å². The van der Waals surface area contributed by atoms with E-state index >= 15 is 0 Å². The molecule has 0 aliphatic rings. The summed E-state index contributed by atoms with van der Waals surface area (Å²) in [6.45, 7) is 4.70. The van der Waals surface area contributed by atoms with Crippen molar-refractivity contribution in [3.63, 3.8) is 0 Å². The zero-order chi connectivity index (χ0) is 13.1. The number of hydrogen-bond acceptors (Lipinski definition) is 2. The number of aryl methyl sites for hydroxylation is 2. The van der Waals surface area contributed by atoms with Crippen molar-refractivity contribution < 1.29 is 4.74 Å². The summed E-state index contributed by atoms with van der Waals surface area (Å²) in [7, 11) is 0. The molecule has 0 atom stereocenters. The summed E-state index contributed by atoms with van der Waals surface area (Å²) in [5.74, 6) is 0.705. The van der Waals surface area contributed by atoms with Crippen molar-refractivity contribution in [3.8, 4) is 5.75 Å². The number of rotatable bonds is 3. The number of hydrogen-bond donors (Lipinski definition) is 1. The van der Waals surface area contributed by atoms with Crippen LogP contribution >= 0.6 is 15.9 Å². The van der Waals surface area contributed by atoms with E-state index < -0.39 is 0 Å². The molecule has 0 spiro atoms. The maximum absolute atomic E-state index is 5.89. The summed E-state index contributed by atoms with van der Waals surface area (Å²) >= 11 is 3.44. The van der Waals surface area contributed by atoms with Crippen LogP contribution < -0.4 is 10.5 Å². The van der Waals surface area contributed by atoms with Crippen LogP contribution in [0.25, 0.3) is 0 Å². The molecule has 2 aromatic rings. The molecule has 0 radical (unpaired) electrons. The van der Waals surface area contributed by atoms with E-state index in [1.165, 1.54) is 11.1 Å². The molecule has 0 saturated heterocycles. The Labute approximate surface area is 116 Å². The maximum Gasteiger partial charge on any atom is 0.156 e. The Hall–Kier alpha value is -1.48. The van der Waals surface area contributed by atoms with Gasteiger partial charge in [0.25, 0.3) is 0 Å². The number of anilines is 1. The van der Waals surface area contributed by atoms with Gasteiger partial charge >= 0.3 is 0 Å². The van der Waals surface area contributed by atoms with Crippen LogP contribution in [0, 0.1) is 13.8 Å². The minimum atomic E-state index is 0.523. The van der Waals surface area contributed by atoms with Gasteiger partial charge in [-0.3, -0.25) is 0 Å². The molecule has 0 aliphatic carbocycles. The molecular formula is C15H16BrNO. The van der Waals surface area contributed by atoms with E-state index in [1.54, 1.807) is 0 Å². The summed E-state index contributed by atoms with van der Waals surface area (Å²) < 4.78 is 6.67. The van der Waals surface area contributed by atoms with Gasteiger partial charge in [0.2, 0.25) is 0 Å². The summed E-state index contributed by atoms with van der Waals surface area (Å²) in [5.41, 5.74) is 10.2. The number of benzene rings is 2. The topological polar surface area (TPSA) is 35.2 Å². The van der Waals surface area contributed by atoms with Gasteiger partial charge in [0.05, 0.1) is 10.2 Å². The molecule has 94 valence electrons. The molecule has 0 heterocycles. The molecule has 0 aliphatic heterocycles. The van der Waals surface area contributed by atoms with Crippen LogP contribution in [0.5, 0.6) is 5.75 Å². The quantitative estimate of drug-likeness (QED) is 0.861. The Morgan fingerprint density at radius 1 is 1.11 bits per heavy atom. The summed E-state index contributed by atoms with van der Waals surface area (Å²) in [6, 6.07) is 12.0. The molecule has 2 rings (SSSR count). The van der Waals surface area contributed by atoms with Gasteiger partial charge in [-0.15, -0.1) is 0 Å². The molecule has 0 aromatic heterocycles. The van der Waals surface area contributed by atoms with Crippen LogP contribution in [0.2, 0.25) is 0 Å². The van der Waals surface area contributed by atoms with Gasteiger partial charge in [-0.2, -0.15) is 0 Å². The molecule has 2 nitrogen and oxygen atoms in total. The van der Waals surface area contributed by atoms with Crippen LogP contribution in [-0.4, -0.2) is 0 Å². The van der Waals surface area contributed by atoms with Crippen molar-refractivity contribution in [1.82, 2.24) is 0 Å². The minimum Gasteiger partial charge on any atom is -0.486 e. The number of nitrogens with two attached hydrogens (primary N) is 1. The summed E-state index contributed by atoms with van der Waals surface area (Å²) in [5, 5.41) is 0. The Balaban J connectivity index is 2.16. The molecule has 2 aromatic carbocycles. The smallest absolute Gasteiger partial charge is 0.156 e. The van der Waals surface area contributed by atoms with Gasteiger partial charge in [0, 0.05) is 0 Å². The van der Waals surface area contributed by atoms with Crippen LogP contribution in [0.3, 0.4) is 0 Å². The largest absolute Gasteiger partial charge is 0.486 e.